The third kappa shape index (κ3) is 3.02. The Bertz CT molecular complexity index is 379. The molecular formula is C8H6F5NO2. The van der Waals surface area contributed by atoms with Gasteiger partial charge >= 0.3 is 6.36 Å². The highest BCUT2D eigenvalue weighted by Gasteiger charge is 2.33. The second kappa shape index (κ2) is 4.60. The fraction of sp³-hybridized carbons (Fsp3) is 0.375. The minimum atomic E-state index is -5.09. The molecule has 0 saturated heterocycles. The first-order chi connectivity index (χ1) is 7.37. The van der Waals surface area contributed by atoms with E-state index in [2.05, 4.69) is 9.72 Å². The minimum absolute atomic E-state index is 0.454. The van der Waals surface area contributed by atoms with E-state index in [0.29, 0.717) is 6.07 Å². The topological polar surface area (TPSA) is 42.4 Å². The predicted octanol–water partition coefficient (Wildman–Crippen LogP) is 2.08. The first-order valence-corrected chi connectivity index (χ1v) is 3.98. The Morgan fingerprint density at radius 1 is 1.38 bits per heavy atom. The second-order valence-corrected chi connectivity index (χ2v) is 2.71. The van der Waals surface area contributed by atoms with Gasteiger partial charge in [0, 0.05) is 6.07 Å². The summed E-state index contributed by atoms with van der Waals surface area (Å²) in [6.45, 7) is -2.14. The van der Waals surface area contributed by atoms with Gasteiger partial charge in [0.1, 0.15) is 12.4 Å². The van der Waals surface area contributed by atoms with Gasteiger partial charge in [0.2, 0.25) is 0 Å². The van der Waals surface area contributed by atoms with Crippen LogP contribution in [-0.2, 0) is 13.3 Å². The molecule has 0 amide bonds. The van der Waals surface area contributed by atoms with Crippen LogP contribution in [0.4, 0.5) is 22.0 Å². The first-order valence-electron chi connectivity index (χ1n) is 3.98. The van der Waals surface area contributed by atoms with E-state index in [1.165, 1.54) is 0 Å². The van der Waals surface area contributed by atoms with Crippen LogP contribution in [0.25, 0.3) is 0 Å². The number of nitrogens with zero attached hydrogens (tertiary/aromatic N) is 1. The molecule has 0 spiro atoms. The number of pyridine rings is 1. The number of ether oxygens (including phenoxy) is 1. The minimum Gasteiger partial charge on any atom is -0.403 e. The lowest BCUT2D eigenvalue weighted by atomic mass is 10.3. The van der Waals surface area contributed by atoms with E-state index in [0.717, 1.165) is 0 Å². The molecule has 1 rings (SSSR count). The zero-order chi connectivity index (χ0) is 12.3. The fourth-order valence-corrected chi connectivity index (χ4v) is 0.984. The van der Waals surface area contributed by atoms with Crippen LogP contribution in [0.1, 0.15) is 11.4 Å². The van der Waals surface area contributed by atoms with Crippen molar-refractivity contribution in [1.29, 1.82) is 0 Å². The highest BCUT2D eigenvalue weighted by Crippen LogP contribution is 2.27. The number of aliphatic hydroxyl groups is 1. The normalized spacial score (nSPS) is 11.6. The number of aromatic nitrogens is 1. The maximum Gasteiger partial charge on any atom is 0.573 e. The van der Waals surface area contributed by atoms with Crippen LogP contribution in [0, 0.1) is 5.82 Å². The van der Waals surface area contributed by atoms with Gasteiger partial charge in [0.05, 0.1) is 12.3 Å². The van der Waals surface area contributed by atoms with Crippen molar-refractivity contribution in [1.82, 2.24) is 4.98 Å². The number of alkyl halides is 4. The van der Waals surface area contributed by atoms with E-state index >= 15 is 0 Å². The number of rotatable bonds is 3. The molecule has 0 atom stereocenters. The molecule has 1 heterocycles. The van der Waals surface area contributed by atoms with Crippen LogP contribution in [0.15, 0.2) is 6.07 Å². The maximum atomic E-state index is 13.1. The molecule has 8 heteroatoms. The Hall–Kier alpha value is -1.44. The third-order valence-electron chi connectivity index (χ3n) is 1.56. The summed E-state index contributed by atoms with van der Waals surface area (Å²) in [5, 5.41) is 8.60. The van der Waals surface area contributed by atoms with E-state index in [1.54, 1.807) is 0 Å². The van der Waals surface area contributed by atoms with Gasteiger partial charge in [-0.3, -0.25) is 0 Å². The highest BCUT2D eigenvalue weighted by atomic mass is 19.4. The molecule has 3 nitrogen and oxygen atoms in total. The van der Waals surface area contributed by atoms with E-state index in [4.69, 9.17) is 5.11 Å². The van der Waals surface area contributed by atoms with Crippen molar-refractivity contribution >= 4 is 0 Å². The molecule has 16 heavy (non-hydrogen) atoms. The van der Waals surface area contributed by atoms with Crippen molar-refractivity contribution in [3.8, 4) is 5.75 Å². The summed E-state index contributed by atoms with van der Waals surface area (Å²) >= 11 is 0. The summed E-state index contributed by atoms with van der Waals surface area (Å²) in [5.41, 5.74) is -1.15. The number of aliphatic hydroxyl groups excluding tert-OH is 1. The van der Waals surface area contributed by atoms with E-state index in [9.17, 15) is 22.0 Å². The molecule has 0 aliphatic carbocycles. The van der Waals surface area contributed by atoms with Crippen molar-refractivity contribution in [2.24, 2.45) is 0 Å². The van der Waals surface area contributed by atoms with Gasteiger partial charge < -0.3 is 9.84 Å². The van der Waals surface area contributed by atoms with Gasteiger partial charge in [-0.05, 0) is 0 Å². The quantitative estimate of drug-likeness (QED) is 0.826. The molecule has 0 aromatic carbocycles. The molecule has 0 fully saturated rings. The second-order valence-electron chi connectivity index (χ2n) is 2.71. The van der Waals surface area contributed by atoms with E-state index in [-0.39, 0.29) is 0 Å². The average molecular weight is 243 g/mol. The summed E-state index contributed by atoms with van der Waals surface area (Å²) in [7, 11) is 0. The van der Waals surface area contributed by atoms with Gasteiger partial charge in [-0.2, -0.15) is 0 Å². The van der Waals surface area contributed by atoms with E-state index in [1.807, 2.05) is 0 Å². The monoisotopic (exact) mass is 243 g/mol. The van der Waals surface area contributed by atoms with Crippen LogP contribution in [0.2, 0.25) is 0 Å². The Morgan fingerprint density at radius 3 is 2.44 bits per heavy atom. The molecule has 0 aliphatic heterocycles. The van der Waals surface area contributed by atoms with Crippen molar-refractivity contribution in [3.63, 3.8) is 0 Å². The molecule has 0 unspecified atom stereocenters. The lowest BCUT2D eigenvalue weighted by molar-refractivity contribution is -0.275. The highest BCUT2D eigenvalue weighted by molar-refractivity contribution is 5.29. The summed E-state index contributed by atoms with van der Waals surface area (Å²) < 4.78 is 64.1. The van der Waals surface area contributed by atoms with Crippen LogP contribution >= 0.6 is 0 Å². The molecule has 1 N–H and O–H groups in total. The molecule has 90 valence electrons. The lowest BCUT2D eigenvalue weighted by Gasteiger charge is -2.11. The molecular weight excluding hydrogens is 237 g/mol. The Balaban J connectivity index is 3.16. The zero-order valence-electron chi connectivity index (χ0n) is 7.68. The van der Waals surface area contributed by atoms with Crippen molar-refractivity contribution < 1.29 is 31.8 Å². The van der Waals surface area contributed by atoms with Gasteiger partial charge in [0.25, 0.3) is 0 Å². The lowest BCUT2D eigenvalue weighted by Crippen LogP contribution is -2.19. The Morgan fingerprint density at radius 2 is 2.00 bits per heavy atom. The molecule has 0 radical (unpaired) electrons. The summed E-state index contributed by atoms with van der Waals surface area (Å²) in [6, 6.07) is 0.488. The van der Waals surface area contributed by atoms with Crippen LogP contribution in [-0.4, -0.2) is 16.5 Å². The first kappa shape index (κ1) is 12.6. The summed E-state index contributed by atoms with van der Waals surface area (Å²) in [5.74, 6) is -2.67. The Labute approximate surface area is 86.5 Å². The van der Waals surface area contributed by atoms with Gasteiger partial charge in [-0.25, -0.2) is 13.8 Å². The van der Waals surface area contributed by atoms with E-state index < -0.39 is 42.6 Å². The zero-order valence-corrected chi connectivity index (χ0v) is 7.68. The summed E-state index contributed by atoms with van der Waals surface area (Å²) in [4.78, 5) is 3.25. The van der Waals surface area contributed by atoms with Crippen molar-refractivity contribution in [3.05, 3.63) is 23.3 Å². The summed E-state index contributed by atoms with van der Waals surface area (Å²) in [6.07, 6.45) is -5.09. The number of hydrogen-bond acceptors (Lipinski definition) is 3. The molecule has 0 bridgehead atoms. The maximum absolute atomic E-state index is 13.1. The van der Waals surface area contributed by atoms with Gasteiger partial charge in [-0.1, -0.05) is 0 Å². The standard InChI is InChI=1S/C8H6F5NO2/c9-2-4-1-6(16-8(11,12)13)7(10)5(3-15)14-4/h1,15H,2-3H2. The largest absolute Gasteiger partial charge is 0.573 e. The Kier molecular flexibility index (Phi) is 3.63. The molecule has 1 aromatic rings. The molecule has 0 aliphatic rings. The van der Waals surface area contributed by atoms with Gasteiger partial charge in [-0.15, -0.1) is 13.2 Å². The van der Waals surface area contributed by atoms with Gasteiger partial charge in [0.15, 0.2) is 11.6 Å². The van der Waals surface area contributed by atoms with Crippen LogP contribution in [0.3, 0.4) is 0 Å². The fourth-order valence-electron chi connectivity index (χ4n) is 0.984. The van der Waals surface area contributed by atoms with Crippen molar-refractivity contribution in [2.75, 3.05) is 0 Å². The third-order valence-corrected chi connectivity index (χ3v) is 1.56. The SMILES string of the molecule is OCc1nc(CF)cc(OC(F)(F)F)c1F. The molecule has 0 saturated carbocycles. The smallest absolute Gasteiger partial charge is 0.403 e. The number of hydrogen-bond donors (Lipinski definition) is 1. The molecule has 1 aromatic heterocycles. The van der Waals surface area contributed by atoms with Crippen molar-refractivity contribution in [2.45, 2.75) is 19.6 Å². The average Bonchev–Trinajstić information content (AvgIpc) is 2.19. The van der Waals surface area contributed by atoms with Crippen LogP contribution in [0.5, 0.6) is 5.75 Å². The number of halogens is 5. The van der Waals surface area contributed by atoms with Crippen LogP contribution < -0.4 is 4.74 Å². The predicted molar refractivity (Wildman–Crippen MR) is 41.6 cm³/mol.